The van der Waals surface area contributed by atoms with Crippen molar-refractivity contribution in [1.82, 2.24) is 31.5 Å². The lowest BCUT2D eigenvalue weighted by Gasteiger charge is -2.26. The Labute approximate surface area is 308 Å². The monoisotopic (exact) mass is 767 g/mol. The van der Waals surface area contributed by atoms with Crippen LogP contribution in [0.4, 0.5) is 0 Å². The molecule has 11 N–H and O–H groups in total. The zero-order valence-corrected chi connectivity index (χ0v) is 29.8. The van der Waals surface area contributed by atoms with E-state index in [-0.39, 0.29) is 31.6 Å². The van der Waals surface area contributed by atoms with Crippen molar-refractivity contribution in [2.75, 3.05) is 25.1 Å². The van der Waals surface area contributed by atoms with Crippen LogP contribution in [0.25, 0.3) is 0 Å². The molecule has 292 valence electrons. The first-order chi connectivity index (χ1) is 24.9. The molecule has 0 aromatic heterocycles. The molecule has 0 aliphatic carbocycles. The number of phenols is 1. The number of phenolic OH excluding ortho intramolecular Hbond substituents is 1. The molecule has 1 fully saturated rings. The highest BCUT2D eigenvalue weighted by atomic mass is 32.2. The zero-order chi connectivity index (χ0) is 39.8. The summed E-state index contributed by atoms with van der Waals surface area (Å²) in [5, 5.41) is 49.1. The number of aliphatic carboxylic acids is 3. The predicted molar refractivity (Wildman–Crippen MR) is 186 cm³/mol. The number of aromatic hydroxyl groups is 1. The van der Waals surface area contributed by atoms with Crippen LogP contribution in [0.15, 0.2) is 24.3 Å². The van der Waals surface area contributed by atoms with Crippen molar-refractivity contribution in [3.8, 4) is 5.75 Å². The van der Waals surface area contributed by atoms with Crippen molar-refractivity contribution < 1.29 is 63.6 Å². The normalized spacial score (nSPS) is 16.5. The SMILES string of the molecule is CSCC[C@H](NC(=O)[C@H](C)NC(=O)CNC(=O)[C@@H]1CCCN1C(=O)[C@@H](N)CC(=O)O)C(=O)N[C@@H](CC(=O)O)C(=O)N[C@@H](Cc1ccc(O)cc1)C(=O)O. The van der Waals surface area contributed by atoms with E-state index in [0.717, 1.165) is 4.90 Å². The Bertz CT molecular complexity index is 1530. The molecule has 21 heteroatoms. The number of nitrogens with two attached hydrogens (primary N) is 1. The summed E-state index contributed by atoms with van der Waals surface area (Å²) in [6, 6.07) is -2.66. The van der Waals surface area contributed by atoms with Crippen molar-refractivity contribution in [3.05, 3.63) is 29.8 Å². The number of thioether (sulfide) groups is 1. The van der Waals surface area contributed by atoms with Crippen LogP contribution in [0.5, 0.6) is 5.75 Å². The van der Waals surface area contributed by atoms with Crippen LogP contribution in [0.1, 0.15) is 44.6 Å². The van der Waals surface area contributed by atoms with E-state index >= 15 is 0 Å². The number of nitrogens with one attached hydrogen (secondary N) is 5. The summed E-state index contributed by atoms with van der Waals surface area (Å²) in [4.78, 5) is 113. The van der Waals surface area contributed by atoms with E-state index in [1.54, 1.807) is 6.26 Å². The van der Waals surface area contributed by atoms with Gasteiger partial charge in [0.2, 0.25) is 35.4 Å². The summed E-state index contributed by atoms with van der Waals surface area (Å²) in [5.41, 5.74) is 6.09. The molecule has 1 saturated heterocycles. The third-order valence-electron chi connectivity index (χ3n) is 7.99. The minimum absolute atomic E-state index is 0.0161. The average molecular weight is 768 g/mol. The minimum Gasteiger partial charge on any atom is -0.508 e. The van der Waals surface area contributed by atoms with E-state index in [1.807, 2.05) is 0 Å². The number of carbonyl (C=O) groups is 9. The number of benzene rings is 1. The number of nitrogens with zero attached hydrogens (tertiary/aromatic N) is 1. The molecular weight excluding hydrogens is 722 g/mol. The highest BCUT2D eigenvalue weighted by Crippen LogP contribution is 2.19. The maximum absolute atomic E-state index is 13.3. The van der Waals surface area contributed by atoms with Gasteiger partial charge in [-0.15, -0.1) is 0 Å². The number of rotatable bonds is 21. The second kappa shape index (κ2) is 21.2. The molecule has 1 aliphatic heterocycles. The summed E-state index contributed by atoms with van der Waals surface area (Å²) < 4.78 is 0. The lowest BCUT2D eigenvalue weighted by molar-refractivity contribution is -0.144. The number of amides is 6. The molecule has 0 radical (unpaired) electrons. The van der Waals surface area contributed by atoms with Crippen LogP contribution in [-0.4, -0.2) is 140 Å². The summed E-state index contributed by atoms with van der Waals surface area (Å²) in [6.07, 6.45) is 0.668. The summed E-state index contributed by atoms with van der Waals surface area (Å²) >= 11 is 1.32. The minimum atomic E-state index is -1.74. The van der Waals surface area contributed by atoms with E-state index in [9.17, 15) is 58.5 Å². The Morgan fingerprint density at radius 1 is 0.849 bits per heavy atom. The average Bonchev–Trinajstić information content (AvgIpc) is 3.58. The van der Waals surface area contributed by atoms with Crippen LogP contribution in [0, 0.1) is 0 Å². The third kappa shape index (κ3) is 14.6. The molecule has 1 aromatic rings. The Morgan fingerprint density at radius 3 is 2.02 bits per heavy atom. The molecule has 1 aromatic carbocycles. The second-order valence-electron chi connectivity index (χ2n) is 12.2. The molecule has 53 heavy (non-hydrogen) atoms. The maximum atomic E-state index is 13.3. The number of carboxylic acid groups (broad SMARTS) is 3. The van der Waals surface area contributed by atoms with E-state index in [2.05, 4.69) is 26.6 Å². The third-order valence-corrected chi connectivity index (χ3v) is 8.63. The maximum Gasteiger partial charge on any atom is 0.326 e. The van der Waals surface area contributed by atoms with Crippen molar-refractivity contribution in [3.63, 3.8) is 0 Å². The first-order valence-electron chi connectivity index (χ1n) is 16.4. The molecule has 0 unspecified atom stereocenters. The van der Waals surface area contributed by atoms with Gasteiger partial charge in [0.05, 0.1) is 25.4 Å². The Morgan fingerprint density at radius 2 is 1.43 bits per heavy atom. The van der Waals surface area contributed by atoms with Crippen LogP contribution in [0.3, 0.4) is 0 Å². The van der Waals surface area contributed by atoms with Crippen LogP contribution in [0.2, 0.25) is 0 Å². The van der Waals surface area contributed by atoms with E-state index in [4.69, 9.17) is 10.8 Å². The van der Waals surface area contributed by atoms with Gasteiger partial charge >= 0.3 is 17.9 Å². The number of likely N-dealkylation sites (tertiary alicyclic amines) is 1. The van der Waals surface area contributed by atoms with Gasteiger partial charge in [-0.1, -0.05) is 12.1 Å². The molecule has 0 bridgehead atoms. The second-order valence-corrected chi connectivity index (χ2v) is 13.2. The summed E-state index contributed by atoms with van der Waals surface area (Å²) in [7, 11) is 0. The summed E-state index contributed by atoms with van der Waals surface area (Å²) in [5.74, 6) is -9.07. The van der Waals surface area contributed by atoms with Crippen molar-refractivity contribution >= 4 is 65.1 Å². The predicted octanol–water partition coefficient (Wildman–Crippen LogP) is -2.88. The molecular formula is C32H45N7O13S. The van der Waals surface area contributed by atoms with Gasteiger partial charge in [0.25, 0.3) is 0 Å². The highest BCUT2D eigenvalue weighted by molar-refractivity contribution is 7.98. The Kier molecular flexibility index (Phi) is 17.5. The van der Waals surface area contributed by atoms with Gasteiger partial charge < -0.3 is 57.6 Å². The van der Waals surface area contributed by atoms with E-state index in [1.165, 1.54) is 43.0 Å². The van der Waals surface area contributed by atoms with Gasteiger partial charge in [-0.05, 0) is 55.9 Å². The molecule has 2 rings (SSSR count). The van der Waals surface area contributed by atoms with Gasteiger partial charge in [0.15, 0.2) is 0 Å². The first-order valence-corrected chi connectivity index (χ1v) is 17.8. The van der Waals surface area contributed by atoms with Crippen LogP contribution >= 0.6 is 11.8 Å². The largest absolute Gasteiger partial charge is 0.508 e. The molecule has 1 heterocycles. The first kappa shape index (κ1) is 43.7. The van der Waals surface area contributed by atoms with Crippen molar-refractivity contribution in [2.45, 2.75) is 81.7 Å². The number of carbonyl (C=O) groups excluding carboxylic acids is 6. The fraction of sp³-hybridized carbons (Fsp3) is 0.531. The quantitative estimate of drug-likeness (QED) is 0.0601. The highest BCUT2D eigenvalue weighted by Gasteiger charge is 2.37. The summed E-state index contributed by atoms with van der Waals surface area (Å²) in [6.45, 7) is 0.869. The van der Waals surface area contributed by atoms with Crippen LogP contribution < -0.4 is 32.3 Å². The Hall–Kier alpha value is -5.44. The zero-order valence-electron chi connectivity index (χ0n) is 29.0. The molecule has 6 amide bonds. The lowest BCUT2D eigenvalue weighted by atomic mass is 10.0. The molecule has 20 nitrogen and oxygen atoms in total. The standard InChI is InChI=1S/C32H45N7O13S/c1-16(35-24(41)15-34-30(49)23-4-3-10-39(23)31(50)19(33)13-25(42)43)27(46)36-20(9-11-53-2)28(47)37-21(14-26(44)45)29(48)38-22(32(51)52)12-17-5-7-18(40)8-6-17/h5-8,16,19-23,40H,3-4,9-15,33H2,1-2H3,(H,34,49)(H,35,41)(H,36,46)(H,37,47)(H,38,48)(H,42,43)(H,44,45)(H,51,52)/t16-,19-,20-,21-,22-,23-/m0/s1. The number of carboxylic acids is 3. The number of hydrogen-bond donors (Lipinski definition) is 10. The van der Waals surface area contributed by atoms with Crippen molar-refractivity contribution in [2.24, 2.45) is 5.73 Å². The number of hydrogen-bond acceptors (Lipinski definition) is 12. The van der Waals surface area contributed by atoms with Crippen molar-refractivity contribution in [1.29, 1.82) is 0 Å². The van der Waals surface area contributed by atoms with Gasteiger partial charge in [-0.2, -0.15) is 11.8 Å². The van der Waals surface area contributed by atoms with E-state index in [0.29, 0.717) is 17.7 Å². The lowest BCUT2D eigenvalue weighted by Crippen LogP contribution is -2.58. The molecule has 6 atom stereocenters. The van der Waals surface area contributed by atoms with E-state index < -0.39 is 109 Å². The van der Waals surface area contributed by atoms with Gasteiger partial charge in [-0.3, -0.25) is 38.4 Å². The van der Waals surface area contributed by atoms with Crippen LogP contribution in [-0.2, 0) is 49.6 Å². The topological polar surface area (TPSA) is 324 Å². The van der Waals surface area contributed by atoms with Gasteiger partial charge in [0.1, 0.15) is 36.0 Å². The molecule has 1 aliphatic rings. The fourth-order valence-corrected chi connectivity index (χ4v) is 5.70. The molecule has 0 saturated carbocycles. The van der Waals surface area contributed by atoms with Gasteiger partial charge in [0, 0.05) is 13.0 Å². The fourth-order valence-electron chi connectivity index (χ4n) is 5.23. The Balaban J connectivity index is 2.02. The van der Waals surface area contributed by atoms with Gasteiger partial charge in [-0.25, -0.2) is 4.79 Å². The smallest absolute Gasteiger partial charge is 0.326 e. The molecule has 0 spiro atoms.